The Morgan fingerprint density at radius 1 is 1.47 bits per heavy atom. The highest BCUT2D eigenvalue weighted by Gasteiger charge is 2.40. The SMILES string of the molecule is CCC1(C(=O)Nc2c(F)cc(Br)cc2F)CCNC1. The minimum atomic E-state index is -0.780. The van der Waals surface area contributed by atoms with E-state index in [1.807, 2.05) is 6.92 Å². The maximum atomic E-state index is 13.7. The van der Waals surface area contributed by atoms with Crippen LogP contribution in [0.2, 0.25) is 0 Å². The van der Waals surface area contributed by atoms with Crippen molar-refractivity contribution in [3.05, 3.63) is 28.2 Å². The van der Waals surface area contributed by atoms with E-state index in [-0.39, 0.29) is 11.6 Å². The van der Waals surface area contributed by atoms with E-state index in [2.05, 4.69) is 26.6 Å². The number of amides is 1. The van der Waals surface area contributed by atoms with Crippen molar-refractivity contribution in [2.75, 3.05) is 18.4 Å². The third-order valence-electron chi connectivity index (χ3n) is 3.65. The smallest absolute Gasteiger partial charge is 0.232 e. The number of nitrogens with one attached hydrogen (secondary N) is 2. The van der Waals surface area contributed by atoms with Gasteiger partial charge in [-0.15, -0.1) is 0 Å². The molecule has 0 bridgehead atoms. The van der Waals surface area contributed by atoms with Crippen LogP contribution >= 0.6 is 15.9 Å². The Bertz CT molecular complexity index is 478. The molecule has 1 aromatic rings. The van der Waals surface area contributed by atoms with Crippen LogP contribution in [0, 0.1) is 17.0 Å². The van der Waals surface area contributed by atoms with Crippen LogP contribution in [0.1, 0.15) is 19.8 Å². The van der Waals surface area contributed by atoms with E-state index in [1.54, 1.807) is 0 Å². The molecule has 1 aliphatic rings. The van der Waals surface area contributed by atoms with Crippen LogP contribution in [0.3, 0.4) is 0 Å². The summed E-state index contributed by atoms with van der Waals surface area (Å²) in [5.74, 6) is -1.89. The monoisotopic (exact) mass is 332 g/mol. The van der Waals surface area contributed by atoms with E-state index in [4.69, 9.17) is 0 Å². The molecule has 1 unspecified atom stereocenters. The number of hydrogen-bond donors (Lipinski definition) is 2. The van der Waals surface area contributed by atoms with E-state index in [1.165, 1.54) is 0 Å². The lowest BCUT2D eigenvalue weighted by Gasteiger charge is -2.25. The van der Waals surface area contributed by atoms with Gasteiger partial charge in [-0.1, -0.05) is 22.9 Å². The molecular weight excluding hydrogens is 318 g/mol. The summed E-state index contributed by atoms with van der Waals surface area (Å²) in [7, 11) is 0. The van der Waals surface area contributed by atoms with Crippen molar-refractivity contribution in [2.24, 2.45) is 5.41 Å². The standard InChI is InChI=1S/C13H15BrF2N2O/c1-2-13(3-4-17-7-13)12(19)18-11-9(15)5-8(14)6-10(11)16/h5-6,17H,2-4,7H2,1H3,(H,18,19). The fourth-order valence-electron chi connectivity index (χ4n) is 2.31. The maximum Gasteiger partial charge on any atom is 0.232 e. The Balaban J connectivity index is 2.24. The number of carbonyl (C=O) groups excluding carboxylic acids is 1. The van der Waals surface area contributed by atoms with Crippen molar-refractivity contribution in [1.82, 2.24) is 5.32 Å². The summed E-state index contributed by atoms with van der Waals surface area (Å²) in [6.45, 7) is 3.18. The highest BCUT2D eigenvalue weighted by Crippen LogP contribution is 2.32. The second kappa shape index (κ2) is 5.54. The molecule has 0 aromatic heterocycles. The van der Waals surface area contributed by atoms with Crippen LogP contribution in [0.25, 0.3) is 0 Å². The molecule has 104 valence electrons. The predicted molar refractivity (Wildman–Crippen MR) is 72.9 cm³/mol. The Kier molecular flexibility index (Phi) is 4.20. The molecule has 1 aromatic carbocycles. The summed E-state index contributed by atoms with van der Waals surface area (Å²) >= 11 is 3.00. The van der Waals surface area contributed by atoms with E-state index in [0.29, 0.717) is 23.9 Å². The average Bonchev–Trinajstić information content (AvgIpc) is 2.83. The van der Waals surface area contributed by atoms with Crippen molar-refractivity contribution in [2.45, 2.75) is 19.8 Å². The van der Waals surface area contributed by atoms with E-state index < -0.39 is 17.0 Å². The van der Waals surface area contributed by atoms with Gasteiger partial charge in [0.05, 0.1) is 5.41 Å². The van der Waals surface area contributed by atoms with E-state index >= 15 is 0 Å². The number of benzene rings is 1. The first-order valence-electron chi connectivity index (χ1n) is 6.15. The minimum Gasteiger partial charge on any atom is -0.321 e. The molecule has 0 aliphatic carbocycles. The molecule has 1 saturated heterocycles. The highest BCUT2D eigenvalue weighted by molar-refractivity contribution is 9.10. The summed E-state index contributed by atoms with van der Waals surface area (Å²) in [6.07, 6.45) is 1.31. The molecular formula is C13H15BrF2N2O. The molecule has 0 spiro atoms. The molecule has 1 atom stereocenters. The minimum absolute atomic E-state index is 0.299. The zero-order chi connectivity index (χ0) is 14.0. The molecule has 1 fully saturated rings. The molecule has 2 rings (SSSR count). The quantitative estimate of drug-likeness (QED) is 0.893. The molecule has 6 heteroatoms. The van der Waals surface area contributed by atoms with Gasteiger partial charge in [0, 0.05) is 11.0 Å². The van der Waals surface area contributed by atoms with Crippen LogP contribution in [-0.2, 0) is 4.79 Å². The lowest BCUT2D eigenvalue weighted by atomic mass is 9.83. The summed E-state index contributed by atoms with van der Waals surface area (Å²) < 4.78 is 27.7. The number of halogens is 3. The van der Waals surface area contributed by atoms with Crippen molar-refractivity contribution in [1.29, 1.82) is 0 Å². The second-order valence-corrected chi connectivity index (χ2v) is 5.67. The lowest BCUT2D eigenvalue weighted by molar-refractivity contribution is -0.124. The van der Waals surface area contributed by atoms with Crippen LogP contribution in [0.15, 0.2) is 16.6 Å². The maximum absolute atomic E-state index is 13.7. The van der Waals surface area contributed by atoms with Crippen LogP contribution in [0.4, 0.5) is 14.5 Å². The normalized spacial score (nSPS) is 22.5. The van der Waals surface area contributed by atoms with Gasteiger partial charge >= 0.3 is 0 Å². The fourth-order valence-corrected chi connectivity index (χ4v) is 2.71. The van der Waals surface area contributed by atoms with Gasteiger partial charge in [-0.2, -0.15) is 0 Å². The van der Waals surface area contributed by atoms with Gasteiger partial charge in [0.1, 0.15) is 5.69 Å². The van der Waals surface area contributed by atoms with Crippen molar-refractivity contribution < 1.29 is 13.6 Å². The highest BCUT2D eigenvalue weighted by atomic mass is 79.9. The topological polar surface area (TPSA) is 41.1 Å². The zero-order valence-corrected chi connectivity index (χ0v) is 12.1. The predicted octanol–water partition coefficient (Wildman–Crippen LogP) is 3.06. The first-order valence-corrected chi connectivity index (χ1v) is 6.94. The van der Waals surface area contributed by atoms with Gasteiger partial charge in [0.2, 0.25) is 5.91 Å². The average molecular weight is 333 g/mol. The van der Waals surface area contributed by atoms with Crippen molar-refractivity contribution in [3.8, 4) is 0 Å². The first-order chi connectivity index (χ1) is 8.98. The summed E-state index contributed by atoms with van der Waals surface area (Å²) in [6, 6.07) is 2.26. The van der Waals surface area contributed by atoms with Gasteiger partial charge < -0.3 is 10.6 Å². The van der Waals surface area contributed by atoms with Crippen LogP contribution in [0.5, 0.6) is 0 Å². The summed E-state index contributed by atoms with van der Waals surface area (Å²) in [5.41, 5.74) is -0.959. The van der Waals surface area contributed by atoms with Crippen LogP contribution in [-0.4, -0.2) is 19.0 Å². The molecule has 19 heavy (non-hydrogen) atoms. The van der Waals surface area contributed by atoms with Crippen molar-refractivity contribution in [3.63, 3.8) is 0 Å². The van der Waals surface area contributed by atoms with E-state index in [0.717, 1.165) is 18.7 Å². The third-order valence-corrected chi connectivity index (χ3v) is 4.11. The molecule has 2 N–H and O–H groups in total. The van der Waals surface area contributed by atoms with Gasteiger partial charge in [0.15, 0.2) is 11.6 Å². The largest absolute Gasteiger partial charge is 0.321 e. The molecule has 1 aliphatic heterocycles. The Labute approximate surface area is 118 Å². The van der Waals surface area contributed by atoms with Crippen LogP contribution < -0.4 is 10.6 Å². The number of hydrogen-bond acceptors (Lipinski definition) is 2. The molecule has 0 radical (unpaired) electrons. The number of carbonyl (C=O) groups is 1. The second-order valence-electron chi connectivity index (χ2n) is 4.76. The molecule has 1 amide bonds. The fraction of sp³-hybridized carbons (Fsp3) is 0.462. The Morgan fingerprint density at radius 3 is 2.58 bits per heavy atom. The van der Waals surface area contributed by atoms with Gasteiger partial charge in [-0.05, 0) is 31.5 Å². The molecule has 1 heterocycles. The lowest BCUT2D eigenvalue weighted by Crippen LogP contribution is -2.38. The number of rotatable bonds is 3. The van der Waals surface area contributed by atoms with E-state index in [9.17, 15) is 13.6 Å². The zero-order valence-electron chi connectivity index (χ0n) is 10.5. The van der Waals surface area contributed by atoms with Gasteiger partial charge in [-0.3, -0.25) is 4.79 Å². The van der Waals surface area contributed by atoms with Crippen molar-refractivity contribution >= 4 is 27.5 Å². The summed E-state index contributed by atoms with van der Waals surface area (Å²) in [4.78, 5) is 12.3. The Morgan fingerprint density at radius 2 is 2.11 bits per heavy atom. The number of anilines is 1. The molecule has 3 nitrogen and oxygen atoms in total. The molecule has 0 saturated carbocycles. The Hall–Kier alpha value is -1.01. The summed E-state index contributed by atoms with van der Waals surface area (Å²) in [5, 5.41) is 5.50. The third kappa shape index (κ3) is 2.79. The first kappa shape index (κ1) is 14.4. The van der Waals surface area contributed by atoms with Gasteiger partial charge in [-0.25, -0.2) is 8.78 Å². The van der Waals surface area contributed by atoms with Gasteiger partial charge in [0.25, 0.3) is 0 Å².